The first-order valence-electron chi connectivity index (χ1n) is 7.02. The van der Waals surface area contributed by atoms with Crippen molar-refractivity contribution in [2.24, 2.45) is 0 Å². The Morgan fingerprint density at radius 2 is 1.67 bits per heavy atom. The Morgan fingerprint density at radius 1 is 1.12 bits per heavy atom. The highest BCUT2D eigenvalue weighted by Gasteiger charge is 2.38. The average molecular weight is 356 g/mol. The van der Waals surface area contributed by atoms with Gasteiger partial charge in [-0.25, -0.2) is 8.42 Å². The van der Waals surface area contributed by atoms with E-state index in [9.17, 15) is 22.8 Å². The summed E-state index contributed by atoms with van der Waals surface area (Å²) in [5, 5.41) is 13.2. The van der Waals surface area contributed by atoms with Crippen molar-refractivity contribution in [3.63, 3.8) is 0 Å². The third kappa shape index (κ3) is 5.34. The zero-order chi connectivity index (χ0) is 18.5. The summed E-state index contributed by atoms with van der Waals surface area (Å²) in [4.78, 5) is 34.0. The number of rotatable bonds is 7. The summed E-state index contributed by atoms with van der Waals surface area (Å²) in [7, 11) is -3.57. The fourth-order valence-electron chi connectivity index (χ4n) is 1.58. The number of amides is 2. The van der Waals surface area contributed by atoms with Gasteiger partial charge in [0.05, 0.1) is 6.42 Å². The molecule has 1 aromatic carbocycles. The fraction of sp³-hybridized carbons (Fsp3) is 0.400. The van der Waals surface area contributed by atoms with E-state index in [4.69, 9.17) is 5.11 Å². The number of hydrogen-bond donors (Lipinski definition) is 3. The number of carboxylic acids is 1. The minimum absolute atomic E-state index is 0.00363. The molecule has 1 rings (SSSR count). The van der Waals surface area contributed by atoms with Crippen LogP contribution in [0.2, 0.25) is 0 Å². The summed E-state index contributed by atoms with van der Waals surface area (Å²) < 4.78 is 21.7. The molecule has 0 spiro atoms. The third-order valence-corrected chi connectivity index (χ3v) is 5.53. The van der Waals surface area contributed by atoms with Crippen LogP contribution in [0.3, 0.4) is 0 Å². The van der Waals surface area contributed by atoms with E-state index in [0.717, 1.165) is 6.26 Å². The maximum absolute atomic E-state index is 12.1. The molecule has 0 aliphatic heterocycles. The molecular formula is C15H20N2O6S. The van der Waals surface area contributed by atoms with Crippen molar-refractivity contribution < 1.29 is 27.9 Å². The van der Waals surface area contributed by atoms with Crippen molar-refractivity contribution in [2.75, 3.05) is 18.1 Å². The summed E-state index contributed by atoms with van der Waals surface area (Å²) in [6, 6.07) is 6.25. The molecule has 0 bridgehead atoms. The second-order valence-corrected chi connectivity index (χ2v) is 8.35. The van der Waals surface area contributed by atoms with Crippen molar-refractivity contribution in [2.45, 2.75) is 25.0 Å². The quantitative estimate of drug-likeness (QED) is 0.639. The Balaban J connectivity index is 2.70. The van der Waals surface area contributed by atoms with E-state index in [0.29, 0.717) is 11.3 Å². The molecule has 0 aromatic heterocycles. The summed E-state index contributed by atoms with van der Waals surface area (Å²) in [5.41, 5.74) is 1.02. The number of benzene rings is 1. The molecule has 0 aliphatic rings. The van der Waals surface area contributed by atoms with Crippen LogP contribution in [0, 0.1) is 0 Å². The summed E-state index contributed by atoms with van der Waals surface area (Å²) in [6.07, 6.45) is 0.988. The molecule has 0 saturated carbocycles. The van der Waals surface area contributed by atoms with Gasteiger partial charge < -0.3 is 15.7 Å². The monoisotopic (exact) mass is 356 g/mol. The first-order chi connectivity index (χ1) is 10.9. The van der Waals surface area contributed by atoms with Crippen LogP contribution in [0.25, 0.3) is 0 Å². The fourth-order valence-corrected chi connectivity index (χ4v) is 1.97. The number of carboxylic acid groups (broad SMARTS) is 1. The first-order valence-corrected chi connectivity index (χ1v) is 8.91. The Labute approximate surface area is 140 Å². The van der Waals surface area contributed by atoms with Crippen LogP contribution < -0.4 is 10.6 Å². The van der Waals surface area contributed by atoms with E-state index in [1.807, 2.05) is 0 Å². The van der Waals surface area contributed by atoms with Crippen LogP contribution >= 0.6 is 0 Å². The smallest absolute Gasteiger partial charge is 0.322 e. The van der Waals surface area contributed by atoms with Crippen molar-refractivity contribution in [1.82, 2.24) is 5.32 Å². The van der Waals surface area contributed by atoms with Gasteiger partial charge in [-0.15, -0.1) is 0 Å². The predicted molar refractivity (Wildman–Crippen MR) is 88.3 cm³/mol. The van der Waals surface area contributed by atoms with Gasteiger partial charge in [0.2, 0.25) is 11.8 Å². The number of nitrogens with one attached hydrogen (secondary N) is 2. The molecule has 0 saturated heterocycles. The number of hydrogen-bond acceptors (Lipinski definition) is 5. The molecule has 0 atom stereocenters. The van der Waals surface area contributed by atoms with Crippen LogP contribution in [0.15, 0.2) is 24.3 Å². The van der Waals surface area contributed by atoms with Crippen LogP contribution in [0.5, 0.6) is 0 Å². The molecule has 0 aliphatic carbocycles. The van der Waals surface area contributed by atoms with E-state index in [2.05, 4.69) is 10.6 Å². The Bertz CT molecular complexity index is 738. The van der Waals surface area contributed by atoms with E-state index in [1.54, 1.807) is 12.1 Å². The molecule has 132 valence electrons. The molecular weight excluding hydrogens is 336 g/mol. The molecule has 0 fully saturated rings. The van der Waals surface area contributed by atoms with E-state index < -0.39 is 38.9 Å². The number of sulfone groups is 1. The lowest BCUT2D eigenvalue weighted by molar-refractivity contribution is -0.137. The maximum atomic E-state index is 12.1. The van der Waals surface area contributed by atoms with Crippen LogP contribution in [-0.2, 0) is 30.6 Å². The van der Waals surface area contributed by atoms with Gasteiger partial charge in [-0.05, 0) is 31.5 Å². The number of carbonyl (C=O) groups excluding carboxylic acids is 2. The lowest BCUT2D eigenvalue weighted by atomic mass is 10.1. The topological polar surface area (TPSA) is 130 Å². The third-order valence-electron chi connectivity index (χ3n) is 3.49. The lowest BCUT2D eigenvalue weighted by Gasteiger charge is -2.21. The van der Waals surface area contributed by atoms with Crippen molar-refractivity contribution in [3.8, 4) is 0 Å². The summed E-state index contributed by atoms with van der Waals surface area (Å²) in [6.45, 7) is 2.19. The van der Waals surface area contributed by atoms with Gasteiger partial charge in [0.15, 0.2) is 9.84 Å². The average Bonchev–Trinajstić information content (AvgIpc) is 2.46. The maximum Gasteiger partial charge on any atom is 0.322 e. The second-order valence-electron chi connectivity index (χ2n) is 5.78. The molecule has 24 heavy (non-hydrogen) atoms. The molecule has 0 unspecified atom stereocenters. The van der Waals surface area contributed by atoms with Crippen LogP contribution in [0.4, 0.5) is 5.69 Å². The highest BCUT2D eigenvalue weighted by Crippen LogP contribution is 2.19. The van der Waals surface area contributed by atoms with Gasteiger partial charge in [-0.1, -0.05) is 12.1 Å². The predicted octanol–water partition coefficient (Wildman–Crippen LogP) is 0.192. The molecule has 1 aromatic rings. The van der Waals surface area contributed by atoms with Gasteiger partial charge in [0, 0.05) is 11.9 Å². The van der Waals surface area contributed by atoms with Crippen LogP contribution in [0.1, 0.15) is 19.4 Å². The number of anilines is 1. The SMILES string of the molecule is CC(C)(C(=O)Nc1ccc(CC(=O)NCC(=O)O)cc1)S(C)(=O)=O. The Hall–Kier alpha value is -2.42. The van der Waals surface area contributed by atoms with E-state index >= 15 is 0 Å². The zero-order valence-corrected chi connectivity index (χ0v) is 14.4. The molecule has 2 amide bonds. The highest BCUT2D eigenvalue weighted by molar-refractivity contribution is 7.92. The molecule has 8 nitrogen and oxygen atoms in total. The Morgan fingerprint density at radius 3 is 2.12 bits per heavy atom. The zero-order valence-electron chi connectivity index (χ0n) is 13.6. The number of carbonyl (C=O) groups is 3. The largest absolute Gasteiger partial charge is 0.480 e. The normalized spacial score (nSPS) is 11.6. The summed E-state index contributed by atoms with van der Waals surface area (Å²) in [5.74, 6) is -2.22. The van der Waals surface area contributed by atoms with Crippen LogP contribution in [-0.4, -0.2) is 48.9 Å². The summed E-state index contributed by atoms with van der Waals surface area (Å²) >= 11 is 0. The van der Waals surface area contributed by atoms with Gasteiger partial charge in [0.25, 0.3) is 0 Å². The minimum Gasteiger partial charge on any atom is -0.480 e. The molecule has 9 heteroatoms. The second kappa shape index (κ2) is 7.43. The number of aliphatic carboxylic acids is 1. The highest BCUT2D eigenvalue weighted by atomic mass is 32.2. The standard InChI is InChI=1S/C15H20N2O6S/c1-15(2,24(3,22)23)14(21)17-11-6-4-10(5-7-11)8-12(18)16-9-13(19)20/h4-7H,8-9H2,1-3H3,(H,16,18)(H,17,21)(H,19,20). The van der Waals surface area contributed by atoms with E-state index in [-0.39, 0.29) is 6.42 Å². The van der Waals surface area contributed by atoms with Gasteiger partial charge in [0.1, 0.15) is 11.3 Å². The van der Waals surface area contributed by atoms with Crippen molar-refractivity contribution in [1.29, 1.82) is 0 Å². The van der Waals surface area contributed by atoms with Gasteiger partial charge in [-0.2, -0.15) is 0 Å². The van der Waals surface area contributed by atoms with E-state index in [1.165, 1.54) is 26.0 Å². The molecule has 0 radical (unpaired) electrons. The first kappa shape index (κ1) is 19.6. The van der Waals surface area contributed by atoms with Crippen molar-refractivity contribution in [3.05, 3.63) is 29.8 Å². The lowest BCUT2D eigenvalue weighted by Crippen LogP contribution is -2.43. The van der Waals surface area contributed by atoms with Gasteiger partial charge in [-0.3, -0.25) is 14.4 Å². The Kier molecular flexibility index (Phi) is 6.08. The van der Waals surface area contributed by atoms with Gasteiger partial charge >= 0.3 is 5.97 Å². The van der Waals surface area contributed by atoms with Crippen molar-refractivity contribution >= 4 is 33.3 Å². The molecule has 0 heterocycles. The minimum atomic E-state index is -3.57. The molecule has 3 N–H and O–H groups in total.